The number of ether oxygens (including phenoxy) is 1. The molecule has 0 spiro atoms. The minimum absolute atomic E-state index is 0.492. The molecule has 1 atom stereocenters. The lowest BCUT2D eigenvalue weighted by Gasteiger charge is -2.20. The lowest BCUT2D eigenvalue weighted by Crippen LogP contribution is -2.17. The number of rotatable bonds is 2. The van der Waals surface area contributed by atoms with E-state index in [9.17, 15) is 0 Å². The van der Waals surface area contributed by atoms with E-state index < -0.39 is 0 Å². The van der Waals surface area contributed by atoms with Gasteiger partial charge in [0.05, 0.1) is 7.11 Å². The van der Waals surface area contributed by atoms with Crippen LogP contribution < -0.4 is 10.5 Å². The molecule has 3 rings (SSSR count). The number of fused-ring (bicyclic) bond motifs is 3. The van der Waals surface area contributed by atoms with E-state index in [-0.39, 0.29) is 0 Å². The van der Waals surface area contributed by atoms with Gasteiger partial charge >= 0.3 is 0 Å². The van der Waals surface area contributed by atoms with E-state index >= 15 is 0 Å². The van der Waals surface area contributed by atoms with Crippen molar-refractivity contribution < 1.29 is 4.74 Å². The Balaban J connectivity index is 2.26. The number of aryl methyl sites for hydroxylation is 2. The number of H-pyrrole nitrogens is 1. The van der Waals surface area contributed by atoms with Crippen molar-refractivity contribution in [3.05, 3.63) is 29.0 Å². The average Bonchev–Trinajstić information content (AvgIpc) is 2.78. The number of hydrogen-bond acceptors (Lipinski definition) is 2. The predicted octanol–water partition coefficient (Wildman–Crippen LogP) is 2.86. The molecule has 1 aromatic carbocycles. The molecule has 0 bridgehead atoms. The van der Waals surface area contributed by atoms with Gasteiger partial charge in [0.15, 0.2) is 0 Å². The zero-order valence-corrected chi connectivity index (χ0v) is 11.0. The van der Waals surface area contributed by atoms with E-state index in [1.807, 2.05) is 0 Å². The van der Waals surface area contributed by atoms with Gasteiger partial charge in [-0.2, -0.15) is 0 Å². The van der Waals surface area contributed by atoms with Crippen molar-refractivity contribution >= 4 is 10.9 Å². The maximum absolute atomic E-state index is 5.89. The summed E-state index contributed by atoms with van der Waals surface area (Å²) in [5, 5.41) is 1.32. The summed E-state index contributed by atoms with van der Waals surface area (Å²) in [6, 6.07) is 4.23. The number of nitrogens with two attached hydrogens (primary N) is 1. The molecule has 3 heteroatoms. The quantitative estimate of drug-likeness (QED) is 0.853. The summed E-state index contributed by atoms with van der Waals surface area (Å²) in [6.07, 6.45) is 3.59. The molecule has 0 aliphatic heterocycles. The van der Waals surface area contributed by atoms with Crippen LogP contribution >= 0.6 is 0 Å². The molecular weight excluding hydrogens is 224 g/mol. The normalized spacial score (nSPS) is 18.9. The Morgan fingerprint density at radius 2 is 2.28 bits per heavy atom. The zero-order chi connectivity index (χ0) is 12.7. The maximum atomic E-state index is 5.89. The van der Waals surface area contributed by atoms with Crippen LogP contribution in [0.5, 0.6) is 5.75 Å². The standard InChI is InChI=1S/C15H20N2O/c1-9-6-11(18-2)7-13-12-5-3-4-10(8-16)15(12)17-14(9)13/h6-7,10,17H,3-5,8,16H2,1-2H3. The predicted molar refractivity (Wildman–Crippen MR) is 74.3 cm³/mol. The third-order valence-corrected chi connectivity index (χ3v) is 4.13. The first-order valence-corrected chi connectivity index (χ1v) is 6.63. The molecule has 0 fully saturated rings. The Morgan fingerprint density at radius 1 is 1.44 bits per heavy atom. The Morgan fingerprint density at radius 3 is 3.00 bits per heavy atom. The van der Waals surface area contributed by atoms with Crippen molar-refractivity contribution in [3.63, 3.8) is 0 Å². The van der Waals surface area contributed by atoms with Gasteiger partial charge in [-0.05, 0) is 49.4 Å². The van der Waals surface area contributed by atoms with Gasteiger partial charge in [0.2, 0.25) is 0 Å². The van der Waals surface area contributed by atoms with Crippen LogP contribution in [0.25, 0.3) is 10.9 Å². The lowest BCUT2D eigenvalue weighted by atomic mass is 9.87. The molecule has 1 aromatic heterocycles. The fourth-order valence-corrected chi connectivity index (χ4v) is 3.15. The van der Waals surface area contributed by atoms with Crippen LogP contribution in [-0.2, 0) is 6.42 Å². The highest BCUT2D eigenvalue weighted by Crippen LogP contribution is 2.37. The Labute approximate surface area is 107 Å². The summed E-state index contributed by atoms with van der Waals surface area (Å²) in [7, 11) is 1.72. The van der Waals surface area contributed by atoms with Gasteiger partial charge in [0.1, 0.15) is 5.75 Å². The minimum atomic E-state index is 0.492. The fraction of sp³-hybridized carbons (Fsp3) is 0.467. The van der Waals surface area contributed by atoms with Crippen molar-refractivity contribution in [2.24, 2.45) is 5.73 Å². The zero-order valence-electron chi connectivity index (χ0n) is 11.0. The maximum Gasteiger partial charge on any atom is 0.119 e. The lowest BCUT2D eigenvalue weighted by molar-refractivity contribution is 0.415. The van der Waals surface area contributed by atoms with Gasteiger partial charge in [0.25, 0.3) is 0 Å². The molecule has 0 saturated carbocycles. The van der Waals surface area contributed by atoms with Crippen LogP contribution in [0.2, 0.25) is 0 Å². The minimum Gasteiger partial charge on any atom is -0.497 e. The molecule has 3 N–H and O–H groups in total. The number of methoxy groups -OCH3 is 1. The monoisotopic (exact) mass is 244 g/mol. The molecule has 1 aliphatic rings. The highest BCUT2D eigenvalue weighted by Gasteiger charge is 2.24. The van der Waals surface area contributed by atoms with Crippen molar-refractivity contribution in [1.82, 2.24) is 4.98 Å². The molecule has 1 aliphatic carbocycles. The highest BCUT2D eigenvalue weighted by atomic mass is 16.5. The van der Waals surface area contributed by atoms with Gasteiger partial charge in [-0.3, -0.25) is 0 Å². The molecule has 3 nitrogen and oxygen atoms in total. The average molecular weight is 244 g/mol. The highest BCUT2D eigenvalue weighted by molar-refractivity contribution is 5.89. The Kier molecular flexibility index (Phi) is 2.78. The van der Waals surface area contributed by atoms with Crippen LogP contribution in [0.1, 0.15) is 35.6 Å². The molecule has 0 radical (unpaired) electrons. The molecule has 2 aromatic rings. The second kappa shape index (κ2) is 4.32. The van der Waals surface area contributed by atoms with E-state index in [1.165, 1.54) is 40.6 Å². The molecule has 0 saturated heterocycles. The first kappa shape index (κ1) is 11.6. The number of hydrogen-bond donors (Lipinski definition) is 2. The van der Waals surface area contributed by atoms with Gasteiger partial charge in [0, 0.05) is 29.1 Å². The number of benzene rings is 1. The van der Waals surface area contributed by atoms with E-state index in [0.717, 1.165) is 18.7 Å². The summed E-state index contributed by atoms with van der Waals surface area (Å²) in [5.41, 5.74) is 11.2. The number of aromatic amines is 1. The number of aromatic nitrogens is 1. The van der Waals surface area contributed by atoms with Gasteiger partial charge in [-0.25, -0.2) is 0 Å². The summed E-state index contributed by atoms with van der Waals surface area (Å²) in [5.74, 6) is 1.43. The molecule has 18 heavy (non-hydrogen) atoms. The first-order chi connectivity index (χ1) is 8.74. The molecule has 96 valence electrons. The van der Waals surface area contributed by atoms with Crippen LogP contribution in [0.3, 0.4) is 0 Å². The van der Waals surface area contributed by atoms with Gasteiger partial charge in [-0.1, -0.05) is 0 Å². The summed E-state index contributed by atoms with van der Waals surface area (Å²) >= 11 is 0. The van der Waals surface area contributed by atoms with Gasteiger partial charge < -0.3 is 15.5 Å². The summed E-state index contributed by atoms with van der Waals surface area (Å²) < 4.78 is 5.38. The molecule has 1 unspecified atom stereocenters. The van der Waals surface area contributed by atoms with E-state index in [1.54, 1.807) is 7.11 Å². The van der Waals surface area contributed by atoms with Crippen LogP contribution in [-0.4, -0.2) is 18.6 Å². The smallest absolute Gasteiger partial charge is 0.119 e. The Bertz CT molecular complexity index is 586. The molecular formula is C15H20N2O. The fourth-order valence-electron chi connectivity index (χ4n) is 3.15. The Hall–Kier alpha value is -1.48. The SMILES string of the molecule is COc1cc(C)c2[nH]c3c(c2c1)CCCC3CN. The van der Waals surface area contributed by atoms with E-state index in [0.29, 0.717) is 5.92 Å². The van der Waals surface area contributed by atoms with Crippen molar-refractivity contribution in [3.8, 4) is 5.75 Å². The van der Waals surface area contributed by atoms with Crippen LogP contribution in [0.4, 0.5) is 0 Å². The molecule has 0 amide bonds. The van der Waals surface area contributed by atoms with E-state index in [2.05, 4.69) is 24.0 Å². The second-order valence-electron chi connectivity index (χ2n) is 5.21. The third kappa shape index (κ3) is 1.62. The summed E-state index contributed by atoms with van der Waals surface area (Å²) in [4.78, 5) is 3.60. The van der Waals surface area contributed by atoms with Crippen LogP contribution in [0.15, 0.2) is 12.1 Å². The molecule has 1 heterocycles. The third-order valence-electron chi connectivity index (χ3n) is 4.13. The van der Waals surface area contributed by atoms with Gasteiger partial charge in [-0.15, -0.1) is 0 Å². The van der Waals surface area contributed by atoms with E-state index in [4.69, 9.17) is 10.5 Å². The van der Waals surface area contributed by atoms with Crippen molar-refractivity contribution in [1.29, 1.82) is 0 Å². The van der Waals surface area contributed by atoms with Crippen molar-refractivity contribution in [2.45, 2.75) is 32.1 Å². The summed E-state index contributed by atoms with van der Waals surface area (Å²) in [6.45, 7) is 2.86. The van der Waals surface area contributed by atoms with Crippen molar-refractivity contribution in [2.75, 3.05) is 13.7 Å². The number of nitrogens with one attached hydrogen (secondary N) is 1. The largest absolute Gasteiger partial charge is 0.497 e. The first-order valence-electron chi connectivity index (χ1n) is 6.63. The van der Waals surface area contributed by atoms with Crippen LogP contribution in [0, 0.1) is 6.92 Å². The topological polar surface area (TPSA) is 51.0 Å². The second-order valence-corrected chi connectivity index (χ2v) is 5.21.